The molecule has 2 aliphatic rings. The van der Waals surface area contributed by atoms with Gasteiger partial charge in [0.25, 0.3) is 5.91 Å². The molecule has 1 atom stereocenters. The second kappa shape index (κ2) is 6.78. The summed E-state index contributed by atoms with van der Waals surface area (Å²) < 4.78 is 2.14. The predicted molar refractivity (Wildman–Crippen MR) is 98.0 cm³/mol. The van der Waals surface area contributed by atoms with E-state index in [0.29, 0.717) is 25.1 Å². The highest BCUT2D eigenvalue weighted by Crippen LogP contribution is 2.25. The van der Waals surface area contributed by atoms with Crippen molar-refractivity contribution in [2.45, 2.75) is 32.2 Å². The van der Waals surface area contributed by atoms with E-state index in [1.165, 1.54) is 0 Å². The van der Waals surface area contributed by atoms with Crippen molar-refractivity contribution >= 4 is 22.9 Å². The van der Waals surface area contributed by atoms with Crippen LogP contribution in [-0.2, 0) is 17.8 Å². The lowest BCUT2D eigenvalue weighted by molar-refractivity contribution is -0.140. The van der Waals surface area contributed by atoms with Gasteiger partial charge in [-0.05, 0) is 31.4 Å². The van der Waals surface area contributed by atoms with Crippen LogP contribution in [0.15, 0.2) is 42.0 Å². The number of aryl methyl sites for hydroxylation is 1. The predicted octanol–water partition coefficient (Wildman–Crippen LogP) is 2.69. The fourth-order valence-electron chi connectivity index (χ4n) is 3.72. The van der Waals surface area contributed by atoms with Crippen LogP contribution in [0.3, 0.4) is 0 Å². The minimum Gasteiger partial charge on any atom is -0.481 e. The molecule has 1 aromatic carbocycles. The normalized spacial score (nSPS) is 19.6. The lowest BCUT2D eigenvalue weighted by atomic mass is 10.1. The van der Waals surface area contributed by atoms with Crippen molar-refractivity contribution in [3.63, 3.8) is 0 Å². The molecule has 134 valence electrons. The molecule has 2 aromatic rings. The summed E-state index contributed by atoms with van der Waals surface area (Å²) >= 11 is 0. The summed E-state index contributed by atoms with van der Waals surface area (Å²) in [4.78, 5) is 28.1. The van der Waals surface area contributed by atoms with Gasteiger partial charge in [0, 0.05) is 19.5 Å². The third-order valence-corrected chi connectivity index (χ3v) is 5.09. The topological polar surface area (TPSA) is 84.2 Å². The number of nitrogens with zero attached hydrogens (tertiary/aromatic N) is 2. The molecule has 1 aromatic heterocycles. The number of nitrogens with one attached hydrogen (secondary N) is 1. The number of allylic oxidation sites excluding steroid dienone is 3. The maximum absolute atomic E-state index is 12.2. The van der Waals surface area contributed by atoms with Gasteiger partial charge < -0.3 is 15.0 Å². The number of carboxylic acid groups (broad SMARTS) is 1. The van der Waals surface area contributed by atoms with Crippen molar-refractivity contribution in [1.29, 1.82) is 0 Å². The van der Waals surface area contributed by atoms with Gasteiger partial charge in [0.15, 0.2) is 0 Å². The molecule has 0 spiro atoms. The average Bonchev–Trinajstić information content (AvgIpc) is 2.77. The molecule has 2 N–H and O–H groups in total. The van der Waals surface area contributed by atoms with Crippen molar-refractivity contribution in [2.24, 2.45) is 5.92 Å². The Morgan fingerprint density at radius 3 is 3.08 bits per heavy atom. The first-order valence-electron chi connectivity index (χ1n) is 9.00. The molecule has 4 rings (SSSR count). The van der Waals surface area contributed by atoms with Gasteiger partial charge in [-0.2, -0.15) is 0 Å². The minimum atomic E-state index is -0.763. The summed E-state index contributed by atoms with van der Waals surface area (Å²) in [7, 11) is 0. The van der Waals surface area contributed by atoms with Crippen LogP contribution < -0.4 is 5.32 Å². The van der Waals surface area contributed by atoms with E-state index in [0.717, 1.165) is 41.7 Å². The molecule has 6 nitrogen and oxygen atoms in total. The summed E-state index contributed by atoms with van der Waals surface area (Å²) in [6.45, 7) is 1.30. The molecule has 6 heteroatoms. The molecule has 1 aliphatic heterocycles. The van der Waals surface area contributed by atoms with Crippen LogP contribution in [0.5, 0.6) is 0 Å². The fourth-order valence-corrected chi connectivity index (χ4v) is 3.72. The zero-order chi connectivity index (χ0) is 18.1. The summed E-state index contributed by atoms with van der Waals surface area (Å²) in [6.07, 6.45) is 8.84. The zero-order valence-electron chi connectivity index (χ0n) is 14.4. The monoisotopic (exact) mass is 351 g/mol. The largest absolute Gasteiger partial charge is 0.481 e. The first kappa shape index (κ1) is 16.6. The van der Waals surface area contributed by atoms with Crippen LogP contribution in [0.25, 0.3) is 11.0 Å². The van der Waals surface area contributed by atoms with Gasteiger partial charge in [-0.1, -0.05) is 29.9 Å². The van der Waals surface area contributed by atoms with Crippen LogP contribution in [-0.4, -0.2) is 33.1 Å². The number of para-hydroxylation sites is 1. The lowest BCUT2D eigenvalue weighted by Crippen LogP contribution is -2.24. The van der Waals surface area contributed by atoms with Crippen LogP contribution in [0.4, 0.5) is 0 Å². The van der Waals surface area contributed by atoms with Gasteiger partial charge in [-0.25, -0.2) is 4.98 Å². The third kappa shape index (κ3) is 3.03. The number of hydrogen-bond acceptors (Lipinski definition) is 3. The molecule has 1 aliphatic carbocycles. The van der Waals surface area contributed by atoms with Crippen LogP contribution in [0.2, 0.25) is 0 Å². The number of aliphatic carboxylic acids is 1. The van der Waals surface area contributed by atoms with Gasteiger partial charge >= 0.3 is 5.97 Å². The molecule has 1 amide bonds. The molecule has 0 saturated heterocycles. The van der Waals surface area contributed by atoms with Gasteiger partial charge in [0.1, 0.15) is 5.82 Å². The van der Waals surface area contributed by atoms with E-state index in [1.807, 2.05) is 24.3 Å². The molecule has 0 bridgehead atoms. The number of aromatic nitrogens is 2. The number of carbonyl (C=O) groups is 2. The third-order valence-electron chi connectivity index (χ3n) is 5.09. The van der Waals surface area contributed by atoms with E-state index in [4.69, 9.17) is 10.1 Å². The van der Waals surface area contributed by atoms with E-state index in [1.54, 1.807) is 6.08 Å². The van der Waals surface area contributed by atoms with Gasteiger partial charge in [0.2, 0.25) is 0 Å². The van der Waals surface area contributed by atoms with Gasteiger partial charge in [0.05, 0.1) is 22.5 Å². The second-order valence-corrected chi connectivity index (χ2v) is 6.77. The van der Waals surface area contributed by atoms with Crippen molar-refractivity contribution in [1.82, 2.24) is 14.9 Å². The molecule has 0 fully saturated rings. The highest BCUT2D eigenvalue weighted by molar-refractivity contribution is 6.05. The maximum Gasteiger partial charge on any atom is 0.310 e. The highest BCUT2D eigenvalue weighted by Gasteiger charge is 2.21. The van der Waals surface area contributed by atoms with Gasteiger partial charge in [-0.3, -0.25) is 9.59 Å². The summed E-state index contributed by atoms with van der Waals surface area (Å²) in [6, 6.07) is 5.65. The summed E-state index contributed by atoms with van der Waals surface area (Å²) in [5.41, 5.74) is 3.59. The number of amides is 1. The SMILES string of the molecule is O=C1NCCn2c(CCC3=CCCC(C(=O)O)C=C3)nc3cccc1c32. The number of imidazole rings is 1. The van der Waals surface area contributed by atoms with Crippen molar-refractivity contribution in [3.8, 4) is 0 Å². The zero-order valence-corrected chi connectivity index (χ0v) is 14.4. The van der Waals surface area contributed by atoms with Crippen LogP contribution in [0.1, 0.15) is 35.4 Å². The number of carboxylic acids is 1. The number of rotatable bonds is 4. The average molecular weight is 351 g/mol. The Morgan fingerprint density at radius 2 is 2.23 bits per heavy atom. The van der Waals surface area contributed by atoms with Crippen molar-refractivity contribution in [3.05, 3.63) is 53.4 Å². The first-order chi connectivity index (χ1) is 12.6. The number of carbonyl (C=O) groups excluding carboxylic acids is 1. The summed E-state index contributed by atoms with van der Waals surface area (Å²) in [5, 5.41) is 12.1. The minimum absolute atomic E-state index is 0.0464. The quantitative estimate of drug-likeness (QED) is 0.887. The van der Waals surface area contributed by atoms with E-state index < -0.39 is 11.9 Å². The molecule has 1 unspecified atom stereocenters. The smallest absolute Gasteiger partial charge is 0.310 e. The maximum atomic E-state index is 12.2. The van der Waals surface area contributed by atoms with E-state index in [-0.39, 0.29) is 5.91 Å². The fraction of sp³-hybridized carbons (Fsp3) is 0.350. The number of benzene rings is 1. The van der Waals surface area contributed by atoms with E-state index >= 15 is 0 Å². The molecule has 0 saturated carbocycles. The molecule has 26 heavy (non-hydrogen) atoms. The van der Waals surface area contributed by atoms with Crippen LogP contribution in [0, 0.1) is 5.92 Å². The van der Waals surface area contributed by atoms with E-state index in [9.17, 15) is 9.59 Å². The Balaban J connectivity index is 1.58. The Kier molecular flexibility index (Phi) is 4.32. The van der Waals surface area contributed by atoms with Gasteiger partial charge in [-0.15, -0.1) is 0 Å². The Morgan fingerprint density at radius 1 is 1.35 bits per heavy atom. The number of hydrogen-bond donors (Lipinski definition) is 2. The molecular weight excluding hydrogens is 330 g/mol. The molecular formula is C20H21N3O3. The first-order valence-corrected chi connectivity index (χ1v) is 9.00. The summed E-state index contributed by atoms with van der Waals surface area (Å²) in [5.74, 6) is -0.241. The Hall–Kier alpha value is -2.89. The van der Waals surface area contributed by atoms with Crippen molar-refractivity contribution in [2.75, 3.05) is 6.54 Å². The second-order valence-electron chi connectivity index (χ2n) is 6.77. The molecule has 2 heterocycles. The van der Waals surface area contributed by atoms with E-state index in [2.05, 4.69) is 16.0 Å². The standard InChI is InChI=1S/C20H21N3O3/c24-19-15-5-2-6-16-18(15)23(12-11-21-19)17(22-16)10-8-13-3-1-4-14(9-7-13)20(25)26/h2-3,5-7,9,14H,1,4,8,10-12H2,(H,21,24)(H,25,26). The van der Waals surface area contributed by atoms with Crippen molar-refractivity contribution < 1.29 is 14.7 Å². The lowest BCUT2D eigenvalue weighted by Gasteiger charge is -2.07. The molecule has 0 radical (unpaired) electrons. The Labute approximate surface area is 151 Å². The van der Waals surface area contributed by atoms with Crippen LogP contribution >= 0.6 is 0 Å². The highest BCUT2D eigenvalue weighted by atomic mass is 16.4. The Bertz CT molecular complexity index is 939.